The zero-order valence-electron chi connectivity index (χ0n) is 10.7. The quantitative estimate of drug-likeness (QED) is 0.838. The molecule has 1 aromatic carbocycles. The summed E-state index contributed by atoms with van der Waals surface area (Å²) in [5.74, 6) is -0.886. The molecule has 1 aromatic rings. The molecule has 0 aliphatic rings. The summed E-state index contributed by atoms with van der Waals surface area (Å²) in [6.45, 7) is 4.79. The van der Waals surface area contributed by atoms with Crippen molar-refractivity contribution in [3.8, 4) is 5.75 Å². The van der Waals surface area contributed by atoms with Gasteiger partial charge in [-0.15, -0.1) is 0 Å². The Hall–Kier alpha value is -1.62. The summed E-state index contributed by atoms with van der Waals surface area (Å²) in [6, 6.07) is 5.88. The van der Waals surface area contributed by atoms with Crippen LogP contribution in [0, 0.1) is 5.82 Å². The van der Waals surface area contributed by atoms with Crippen molar-refractivity contribution in [2.24, 2.45) is 0 Å². The van der Waals surface area contributed by atoms with Crippen LogP contribution in [-0.2, 0) is 4.79 Å². The Morgan fingerprint density at radius 2 is 2.11 bits per heavy atom. The van der Waals surface area contributed by atoms with Crippen LogP contribution in [0.25, 0.3) is 0 Å². The summed E-state index contributed by atoms with van der Waals surface area (Å²) in [6.07, 6.45) is -0.829. The average Bonchev–Trinajstić information content (AvgIpc) is 2.28. The highest BCUT2D eigenvalue weighted by molar-refractivity contribution is 5.80. The molecule has 0 aliphatic carbocycles. The van der Waals surface area contributed by atoms with E-state index in [1.54, 1.807) is 26.0 Å². The maximum Gasteiger partial charge on any atom is 0.260 e. The van der Waals surface area contributed by atoms with Crippen LogP contribution >= 0.6 is 0 Å². The third kappa shape index (κ3) is 4.71. The highest BCUT2D eigenvalue weighted by Gasteiger charge is 2.19. The Balaban J connectivity index is 2.53. The molecule has 0 aliphatic heterocycles. The van der Waals surface area contributed by atoms with Crippen molar-refractivity contribution in [1.29, 1.82) is 0 Å². The first kappa shape index (κ1) is 14.4. The number of para-hydroxylation sites is 1. The Bertz CT molecular complexity index is 415. The van der Waals surface area contributed by atoms with Gasteiger partial charge in [0.05, 0.1) is 5.60 Å². The van der Waals surface area contributed by atoms with E-state index < -0.39 is 23.4 Å². The Kier molecular flexibility index (Phi) is 4.67. The molecule has 0 saturated heterocycles. The van der Waals surface area contributed by atoms with Gasteiger partial charge in [0.1, 0.15) is 0 Å². The van der Waals surface area contributed by atoms with E-state index in [1.807, 2.05) is 0 Å². The number of hydrogen-bond acceptors (Lipinski definition) is 3. The van der Waals surface area contributed by atoms with Crippen molar-refractivity contribution >= 4 is 5.91 Å². The van der Waals surface area contributed by atoms with Crippen molar-refractivity contribution in [2.45, 2.75) is 32.5 Å². The number of aliphatic hydroxyl groups is 1. The minimum absolute atomic E-state index is 0.0309. The SMILES string of the molecule is CC(Oc1ccccc1F)C(=O)NCC(C)(C)O. The zero-order valence-corrected chi connectivity index (χ0v) is 10.7. The molecule has 0 aromatic heterocycles. The fourth-order valence-corrected chi connectivity index (χ4v) is 1.23. The lowest BCUT2D eigenvalue weighted by Crippen LogP contribution is -2.43. The molecule has 1 amide bonds. The number of amides is 1. The molecule has 0 spiro atoms. The van der Waals surface area contributed by atoms with Gasteiger partial charge in [0, 0.05) is 6.54 Å². The number of benzene rings is 1. The minimum atomic E-state index is -0.993. The predicted octanol–water partition coefficient (Wildman–Crippen LogP) is 1.48. The van der Waals surface area contributed by atoms with Crippen molar-refractivity contribution in [3.63, 3.8) is 0 Å². The van der Waals surface area contributed by atoms with Gasteiger partial charge in [0.2, 0.25) is 0 Å². The number of halogens is 1. The Morgan fingerprint density at radius 3 is 2.67 bits per heavy atom. The summed E-state index contributed by atoms with van der Waals surface area (Å²) < 4.78 is 18.5. The van der Waals surface area contributed by atoms with E-state index in [0.29, 0.717) is 0 Å². The van der Waals surface area contributed by atoms with Crippen LogP contribution in [0.2, 0.25) is 0 Å². The van der Waals surface area contributed by atoms with Gasteiger partial charge in [-0.1, -0.05) is 12.1 Å². The van der Waals surface area contributed by atoms with Crippen molar-refractivity contribution in [2.75, 3.05) is 6.54 Å². The van der Waals surface area contributed by atoms with Crippen molar-refractivity contribution in [1.82, 2.24) is 5.32 Å². The molecular formula is C13H18FNO3. The molecule has 5 heteroatoms. The second kappa shape index (κ2) is 5.82. The normalized spacial score (nSPS) is 12.9. The van der Waals surface area contributed by atoms with Gasteiger partial charge in [-0.25, -0.2) is 4.39 Å². The second-order valence-electron chi connectivity index (χ2n) is 4.72. The van der Waals surface area contributed by atoms with E-state index in [2.05, 4.69) is 5.32 Å². The van der Waals surface area contributed by atoms with E-state index >= 15 is 0 Å². The smallest absolute Gasteiger partial charge is 0.260 e. The fourth-order valence-electron chi connectivity index (χ4n) is 1.23. The number of rotatable bonds is 5. The van der Waals surface area contributed by atoms with Gasteiger partial charge in [-0.05, 0) is 32.9 Å². The fraction of sp³-hybridized carbons (Fsp3) is 0.462. The summed E-state index contributed by atoms with van der Waals surface area (Å²) in [5.41, 5.74) is -0.993. The Morgan fingerprint density at radius 1 is 1.50 bits per heavy atom. The van der Waals surface area contributed by atoms with Crippen molar-refractivity contribution in [3.05, 3.63) is 30.1 Å². The first-order chi connectivity index (χ1) is 8.29. The zero-order chi connectivity index (χ0) is 13.8. The molecule has 0 radical (unpaired) electrons. The molecule has 1 atom stereocenters. The van der Waals surface area contributed by atoms with Crippen LogP contribution in [0.3, 0.4) is 0 Å². The van der Waals surface area contributed by atoms with Gasteiger partial charge in [-0.2, -0.15) is 0 Å². The summed E-state index contributed by atoms with van der Waals surface area (Å²) >= 11 is 0. The molecule has 1 unspecified atom stereocenters. The predicted molar refractivity (Wildman–Crippen MR) is 65.8 cm³/mol. The molecule has 0 saturated carbocycles. The minimum Gasteiger partial charge on any atom is -0.478 e. The number of carbonyl (C=O) groups excluding carboxylic acids is 1. The first-order valence-corrected chi connectivity index (χ1v) is 5.71. The summed E-state index contributed by atoms with van der Waals surface area (Å²) in [5, 5.41) is 12.0. The van der Waals surface area contributed by atoms with E-state index in [-0.39, 0.29) is 12.3 Å². The lowest BCUT2D eigenvalue weighted by molar-refractivity contribution is -0.128. The molecule has 0 fully saturated rings. The van der Waals surface area contributed by atoms with Gasteiger partial charge in [-0.3, -0.25) is 4.79 Å². The van der Waals surface area contributed by atoms with E-state index in [9.17, 15) is 14.3 Å². The van der Waals surface area contributed by atoms with E-state index in [1.165, 1.54) is 19.1 Å². The highest BCUT2D eigenvalue weighted by Crippen LogP contribution is 2.16. The van der Waals surface area contributed by atoms with Crippen molar-refractivity contribution < 1.29 is 19.0 Å². The van der Waals surface area contributed by atoms with Gasteiger partial charge in [0.15, 0.2) is 17.7 Å². The van der Waals surface area contributed by atoms with Gasteiger partial charge >= 0.3 is 0 Å². The largest absolute Gasteiger partial charge is 0.478 e. The topological polar surface area (TPSA) is 58.6 Å². The number of carbonyl (C=O) groups is 1. The monoisotopic (exact) mass is 255 g/mol. The van der Waals surface area contributed by atoms with Crippen LogP contribution in [-0.4, -0.2) is 29.3 Å². The maximum atomic E-state index is 13.3. The number of ether oxygens (including phenoxy) is 1. The third-order valence-corrected chi connectivity index (χ3v) is 2.20. The third-order valence-electron chi connectivity index (χ3n) is 2.20. The van der Waals surface area contributed by atoms with Crippen LogP contribution in [0.4, 0.5) is 4.39 Å². The standard InChI is InChI=1S/C13H18FNO3/c1-9(12(16)15-8-13(2,3)17)18-11-7-5-4-6-10(11)14/h4-7,9,17H,8H2,1-3H3,(H,15,16). The van der Waals surface area contributed by atoms with Crippen LogP contribution in [0.5, 0.6) is 5.75 Å². The highest BCUT2D eigenvalue weighted by atomic mass is 19.1. The van der Waals surface area contributed by atoms with Crippen LogP contribution in [0.15, 0.2) is 24.3 Å². The van der Waals surface area contributed by atoms with Gasteiger partial charge < -0.3 is 15.2 Å². The second-order valence-corrected chi connectivity index (χ2v) is 4.72. The average molecular weight is 255 g/mol. The Labute approximate surface area is 106 Å². The lowest BCUT2D eigenvalue weighted by atomic mass is 10.1. The van der Waals surface area contributed by atoms with E-state index in [0.717, 1.165) is 0 Å². The molecule has 18 heavy (non-hydrogen) atoms. The number of hydrogen-bond donors (Lipinski definition) is 2. The molecule has 4 nitrogen and oxygen atoms in total. The van der Waals surface area contributed by atoms with Crippen LogP contribution < -0.4 is 10.1 Å². The molecule has 100 valence electrons. The lowest BCUT2D eigenvalue weighted by Gasteiger charge is -2.20. The van der Waals surface area contributed by atoms with Crippen LogP contribution in [0.1, 0.15) is 20.8 Å². The molecule has 2 N–H and O–H groups in total. The van der Waals surface area contributed by atoms with Gasteiger partial charge in [0.25, 0.3) is 5.91 Å². The summed E-state index contributed by atoms with van der Waals surface area (Å²) in [7, 11) is 0. The summed E-state index contributed by atoms with van der Waals surface area (Å²) in [4.78, 5) is 11.6. The molecule has 1 rings (SSSR count). The van der Waals surface area contributed by atoms with E-state index in [4.69, 9.17) is 4.74 Å². The number of nitrogens with one attached hydrogen (secondary N) is 1. The molecular weight excluding hydrogens is 237 g/mol. The first-order valence-electron chi connectivity index (χ1n) is 5.71. The molecule has 0 bridgehead atoms. The maximum absolute atomic E-state index is 13.3. The molecule has 0 heterocycles.